The standard InChI is InChI=1S/C17H24N4O3S/c1-24-16-5-3-15(4-6-16)21-12-9-18-17(21)13-20-10-7-14(8-11-20)19-25(2,22)23/h3-6,9,12,14,19H,7-8,10-11,13H2,1-2H3. The molecule has 2 heterocycles. The zero-order valence-corrected chi connectivity index (χ0v) is 15.4. The number of benzene rings is 1. The van der Waals surface area contributed by atoms with Gasteiger partial charge in [0.05, 0.1) is 19.9 Å². The quantitative estimate of drug-likeness (QED) is 0.838. The third-order valence-electron chi connectivity index (χ3n) is 4.40. The number of hydrogen-bond donors (Lipinski definition) is 1. The molecular formula is C17H24N4O3S. The molecule has 1 saturated heterocycles. The van der Waals surface area contributed by atoms with Crippen molar-refractivity contribution in [1.29, 1.82) is 0 Å². The fraction of sp³-hybridized carbons (Fsp3) is 0.471. The second-order valence-electron chi connectivity index (χ2n) is 6.35. The van der Waals surface area contributed by atoms with E-state index in [1.807, 2.05) is 30.5 Å². The Bertz CT molecular complexity index is 794. The Morgan fingerprint density at radius 1 is 1.24 bits per heavy atom. The van der Waals surface area contributed by atoms with Gasteiger partial charge < -0.3 is 9.30 Å². The zero-order valence-electron chi connectivity index (χ0n) is 14.6. The third-order valence-corrected chi connectivity index (χ3v) is 5.16. The molecule has 0 aliphatic carbocycles. The first-order valence-corrected chi connectivity index (χ1v) is 10.2. The number of nitrogens with zero attached hydrogens (tertiary/aromatic N) is 3. The Balaban J connectivity index is 1.62. The maximum Gasteiger partial charge on any atom is 0.208 e. The van der Waals surface area contributed by atoms with Crippen LogP contribution in [0.25, 0.3) is 5.69 Å². The van der Waals surface area contributed by atoms with Crippen LogP contribution in [0.15, 0.2) is 36.7 Å². The predicted octanol–water partition coefficient (Wildman–Crippen LogP) is 1.39. The second kappa shape index (κ2) is 7.55. The summed E-state index contributed by atoms with van der Waals surface area (Å²) in [6.45, 7) is 2.44. The lowest BCUT2D eigenvalue weighted by Crippen LogP contribution is -2.44. The molecule has 0 radical (unpaired) electrons. The van der Waals surface area contributed by atoms with Crippen molar-refractivity contribution in [3.05, 3.63) is 42.5 Å². The SMILES string of the molecule is COc1ccc(-n2ccnc2CN2CCC(NS(C)(=O)=O)CC2)cc1. The van der Waals surface area contributed by atoms with E-state index < -0.39 is 10.0 Å². The van der Waals surface area contributed by atoms with Gasteiger partial charge in [-0.1, -0.05) is 0 Å². The number of rotatable bonds is 6. The lowest BCUT2D eigenvalue weighted by Gasteiger charge is -2.31. The van der Waals surface area contributed by atoms with E-state index in [1.165, 1.54) is 6.26 Å². The molecule has 1 aromatic heterocycles. The highest BCUT2D eigenvalue weighted by atomic mass is 32.2. The highest BCUT2D eigenvalue weighted by molar-refractivity contribution is 7.88. The lowest BCUT2D eigenvalue weighted by molar-refractivity contribution is 0.195. The molecule has 7 nitrogen and oxygen atoms in total. The Hall–Kier alpha value is -1.90. The van der Waals surface area contributed by atoms with Crippen molar-refractivity contribution < 1.29 is 13.2 Å². The van der Waals surface area contributed by atoms with E-state index in [-0.39, 0.29) is 6.04 Å². The minimum absolute atomic E-state index is 0.0348. The summed E-state index contributed by atoms with van der Waals surface area (Å²) in [4.78, 5) is 6.79. The molecule has 0 amide bonds. The number of methoxy groups -OCH3 is 1. The summed E-state index contributed by atoms with van der Waals surface area (Å²) in [5.41, 5.74) is 1.04. The van der Waals surface area contributed by atoms with Crippen molar-refractivity contribution in [2.75, 3.05) is 26.5 Å². The molecule has 1 aliphatic rings. The first-order chi connectivity index (χ1) is 11.9. The molecule has 0 atom stereocenters. The zero-order chi connectivity index (χ0) is 17.9. The topological polar surface area (TPSA) is 76.5 Å². The van der Waals surface area contributed by atoms with Crippen molar-refractivity contribution in [3.63, 3.8) is 0 Å². The number of nitrogens with one attached hydrogen (secondary N) is 1. The smallest absolute Gasteiger partial charge is 0.208 e. The molecule has 0 saturated carbocycles. The van der Waals surface area contributed by atoms with Gasteiger partial charge in [-0.2, -0.15) is 0 Å². The van der Waals surface area contributed by atoms with E-state index in [1.54, 1.807) is 13.3 Å². The molecular weight excluding hydrogens is 340 g/mol. The van der Waals surface area contributed by atoms with Crippen molar-refractivity contribution in [3.8, 4) is 11.4 Å². The van der Waals surface area contributed by atoms with Crippen LogP contribution in [0.1, 0.15) is 18.7 Å². The molecule has 0 spiro atoms. The monoisotopic (exact) mass is 364 g/mol. The molecule has 1 N–H and O–H groups in total. The van der Waals surface area contributed by atoms with E-state index in [0.29, 0.717) is 0 Å². The molecule has 8 heteroatoms. The molecule has 1 aromatic carbocycles. The van der Waals surface area contributed by atoms with Crippen LogP contribution in [0, 0.1) is 0 Å². The normalized spacial score (nSPS) is 16.9. The highest BCUT2D eigenvalue weighted by Gasteiger charge is 2.22. The largest absolute Gasteiger partial charge is 0.497 e. The Morgan fingerprint density at radius 3 is 2.52 bits per heavy atom. The summed E-state index contributed by atoms with van der Waals surface area (Å²) in [5.74, 6) is 1.80. The van der Waals surface area contributed by atoms with Gasteiger partial charge in [0.1, 0.15) is 11.6 Å². The minimum Gasteiger partial charge on any atom is -0.497 e. The molecule has 3 rings (SSSR count). The number of likely N-dealkylation sites (tertiary alicyclic amines) is 1. The van der Waals surface area contributed by atoms with Gasteiger partial charge >= 0.3 is 0 Å². The molecule has 25 heavy (non-hydrogen) atoms. The van der Waals surface area contributed by atoms with Crippen LogP contribution in [-0.4, -0.2) is 55.4 Å². The fourth-order valence-electron chi connectivity index (χ4n) is 3.14. The van der Waals surface area contributed by atoms with E-state index >= 15 is 0 Å². The summed E-state index contributed by atoms with van der Waals surface area (Å²) >= 11 is 0. The second-order valence-corrected chi connectivity index (χ2v) is 8.13. The maximum absolute atomic E-state index is 11.3. The number of hydrogen-bond acceptors (Lipinski definition) is 5. The molecule has 1 fully saturated rings. The van der Waals surface area contributed by atoms with Crippen molar-refractivity contribution in [2.24, 2.45) is 0 Å². The van der Waals surface area contributed by atoms with E-state index in [0.717, 1.165) is 49.7 Å². The number of piperidine rings is 1. The van der Waals surface area contributed by atoms with Gasteiger partial charge in [-0.05, 0) is 37.1 Å². The molecule has 136 valence electrons. The Labute approximate surface area is 148 Å². The van der Waals surface area contributed by atoms with E-state index in [9.17, 15) is 8.42 Å². The average molecular weight is 364 g/mol. The van der Waals surface area contributed by atoms with Crippen molar-refractivity contribution in [1.82, 2.24) is 19.2 Å². The van der Waals surface area contributed by atoms with Crippen molar-refractivity contribution >= 4 is 10.0 Å². The summed E-state index contributed by atoms with van der Waals surface area (Å²) < 4.78 is 32.6. The molecule has 1 aliphatic heterocycles. The van der Waals surface area contributed by atoms with Gasteiger partial charge in [-0.15, -0.1) is 0 Å². The summed E-state index contributed by atoms with van der Waals surface area (Å²) in [6, 6.07) is 7.91. The first kappa shape index (κ1) is 17.9. The van der Waals surface area contributed by atoms with Gasteiger partial charge in [-0.25, -0.2) is 18.1 Å². The van der Waals surface area contributed by atoms with Crippen LogP contribution in [-0.2, 0) is 16.6 Å². The van der Waals surface area contributed by atoms with Crippen molar-refractivity contribution in [2.45, 2.75) is 25.4 Å². The number of imidazole rings is 1. The number of ether oxygens (including phenoxy) is 1. The van der Waals surface area contributed by atoms with Gasteiger partial charge in [0.15, 0.2) is 0 Å². The summed E-state index contributed by atoms with van der Waals surface area (Å²) in [5, 5.41) is 0. The maximum atomic E-state index is 11.3. The minimum atomic E-state index is -3.13. The summed E-state index contributed by atoms with van der Waals surface area (Å²) in [7, 11) is -1.48. The first-order valence-electron chi connectivity index (χ1n) is 8.31. The van der Waals surface area contributed by atoms with Crippen LogP contribution in [0.3, 0.4) is 0 Å². The lowest BCUT2D eigenvalue weighted by atomic mass is 10.1. The molecule has 0 unspecified atom stereocenters. The number of sulfonamides is 1. The molecule has 0 bridgehead atoms. The number of aromatic nitrogens is 2. The van der Waals surface area contributed by atoms with Gasteiger partial charge in [0.2, 0.25) is 10.0 Å². The third kappa shape index (κ3) is 4.81. The fourth-order valence-corrected chi connectivity index (χ4v) is 3.98. The Morgan fingerprint density at radius 2 is 1.92 bits per heavy atom. The van der Waals surface area contributed by atoms with E-state index in [4.69, 9.17) is 4.74 Å². The van der Waals surface area contributed by atoms with Crippen LogP contribution in [0.2, 0.25) is 0 Å². The van der Waals surface area contributed by atoms with Crippen LogP contribution >= 0.6 is 0 Å². The highest BCUT2D eigenvalue weighted by Crippen LogP contribution is 2.18. The van der Waals surface area contributed by atoms with Crippen LogP contribution in [0.4, 0.5) is 0 Å². The van der Waals surface area contributed by atoms with Gasteiger partial charge in [0.25, 0.3) is 0 Å². The molecule has 2 aromatic rings. The summed E-state index contributed by atoms with van der Waals surface area (Å²) in [6.07, 6.45) is 6.60. The Kier molecular flexibility index (Phi) is 5.41. The van der Waals surface area contributed by atoms with Gasteiger partial charge in [-0.3, -0.25) is 4.90 Å². The van der Waals surface area contributed by atoms with Crippen LogP contribution < -0.4 is 9.46 Å². The predicted molar refractivity (Wildman–Crippen MR) is 96.4 cm³/mol. The van der Waals surface area contributed by atoms with Crippen LogP contribution in [0.5, 0.6) is 5.75 Å². The average Bonchev–Trinajstić information content (AvgIpc) is 3.03. The van der Waals surface area contributed by atoms with E-state index in [2.05, 4.69) is 19.2 Å². The van der Waals surface area contributed by atoms with Gasteiger partial charge in [0, 0.05) is 37.2 Å².